The molecule has 0 aromatic carbocycles. The molecule has 0 aliphatic carbocycles. The highest BCUT2D eigenvalue weighted by Gasteiger charge is 2.20. The van der Waals surface area contributed by atoms with Gasteiger partial charge in [-0.25, -0.2) is 0 Å². The predicted octanol–water partition coefficient (Wildman–Crippen LogP) is 2.00. The molecular formula is C10H14O4. The highest BCUT2D eigenvalue weighted by molar-refractivity contribution is 5.75. The molecule has 0 saturated carbocycles. The van der Waals surface area contributed by atoms with E-state index in [1.165, 1.54) is 0 Å². The third kappa shape index (κ3) is 2.35. The zero-order valence-corrected chi connectivity index (χ0v) is 8.32. The molecule has 0 spiro atoms. The van der Waals surface area contributed by atoms with Crippen LogP contribution in [0, 0.1) is 0 Å². The molecule has 1 atom stereocenters. The third-order valence-corrected chi connectivity index (χ3v) is 2.02. The van der Waals surface area contributed by atoms with Gasteiger partial charge >= 0.3 is 5.97 Å². The van der Waals surface area contributed by atoms with E-state index in [1.807, 2.05) is 6.92 Å². The van der Waals surface area contributed by atoms with Gasteiger partial charge in [0, 0.05) is 7.11 Å². The molecule has 0 amide bonds. The minimum absolute atomic E-state index is 0.371. The van der Waals surface area contributed by atoms with E-state index in [4.69, 9.17) is 14.3 Å². The van der Waals surface area contributed by atoms with Gasteiger partial charge in [0.05, 0.1) is 0 Å². The number of ether oxygens (including phenoxy) is 1. The first kappa shape index (κ1) is 10.8. The lowest BCUT2D eigenvalue weighted by Gasteiger charge is -2.05. The van der Waals surface area contributed by atoms with Crippen molar-refractivity contribution in [3.8, 4) is 0 Å². The second-order valence-electron chi connectivity index (χ2n) is 3.04. The molecule has 1 aromatic rings. The quantitative estimate of drug-likeness (QED) is 0.786. The average molecular weight is 198 g/mol. The molecule has 0 aliphatic heterocycles. The SMILES string of the molecule is CCC(C(=O)O)c1ccc(COC)o1. The maximum Gasteiger partial charge on any atom is 0.314 e. The summed E-state index contributed by atoms with van der Waals surface area (Å²) < 4.78 is 10.2. The number of aliphatic carboxylic acids is 1. The Bertz CT molecular complexity index is 303. The van der Waals surface area contributed by atoms with Crippen LogP contribution in [0.2, 0.25) is 0 Å². The Hall–Kier alpha value is -1.29. The smallest absolute Gasteiger partial charge is 0.314 e. The van der Waals surface area contributed by atoms with Crippen molar-refractivity contribution in [2.45, 2.75) is 25.9 Å². The van der Waals surface area contributed by atoms with Gasteiger partial charge in [0.25, 0.3) is 0 Å². The van der Waals surface area contributed by atoms with Crippen molar-refractivity contribution in [3.05, 3.63) is 23.7 Å². The fraction of sp³-hybridized carbons (Fsp3) is 0.500. The van der Waals surface area contributed by atoms with Crippen molar-refractivity contribution >= 4 is 5.97 Å². The summed E-state index contributed by atoms with van der Waals surface area (Å²) >= 11 is 0. The molecule has 1 aromatic heterocycles. The molecule has 0 fully saturated rings. The Kier molecular flexibility index (Phi) is 3.71. The standard InChI is InChI=1S/C10H14O4/c1-3-8(10(11)12)9-5-4-7(14-9)6-13-2/h4-5,8H,3,6H2,1-2H3,(H,11,12). The normalized spacial score (nSPS) is 12.7. The van der Waals surface area contributed by atoms with E-state index < -0.39 is 11.9 Å². The van der Waals surface area contributed by atoms with Crippen LogP contribution in [0.25, 0.3) is 0 Å². The highest BCUT2D eigenvalue weighted by atomic mass is 16.5. The van der Waals surface area contributed by atoms with Gasteiger partial charge in [-0.15, -0.1) is 0 Å². The van der Waals surface area contributed by atoms with Gasteiger partial charge in [0.2, 0.25) is 0 Å². The number of carboxylic acid groups (broad SMARTS) is 1. The topological polar surface area (TPSA) is 59.7 Å². The van der Waals surface area contributed by atoms with Gasteiger partial charge < -0.3 is 14.3 Å². The number of methoxy groups -OCH3 is 1. The van der Waals surface area contributed by atoms with Crippen LogP contribution in [-0.4, -0.2) is 18.2 Å². The van der Waals surface area contributed by atoms with Crippen LogP contribution in [0.1, 0.15) is 30.8 Å². The molecule has 1 heterocycles. The van der Waals surface area contributed by atoms with E-state index in [-0.39, 0.29) is 0 Å². The first-order valence-electron chi connectivity index (χ1n) is 4.49. The van der Waals surface area contributed by atoms with E-state index in [1.54, 1.807) is 19.2 Å². The molecular weight excluding hydrogens is 184 g/mol. The Labute approximate surface area is 82.5 Å². The van der Waals surface area contributed by atoms with Crippen LogP contribution in [0.4, 0.5) is 0 Å². The number of furan rings is 1. The summed E-state index contributed by atoms with van der Waals surface area (Å²) in [5.74, 6) is -0.263. The lowest BCUT2D eigenvalue weighted by atomic mass is 10.0. The number of carboxylic acids is 1. The molecule has 1 rings (SSSR count). The van der Waals surface area contributed by atoms with E-state index in [0.717, 1.165) is 0 Å². The summed E-state index contributed by atoms with van der Waals surface area (Å²) in [6.45, 7) is 2.19. The van der Waals surface area contributed by atoms with Crippen molar-refractivity contribution in [3.63, 3.8) is 0 Å². The largest absolute Gasteiger partial charge is 0.481 e. The molecule has 14 heavy (non-hydrogen) atoms. The van der Waals surface area contributed by atoms with Crippen LogP contribution in [0.3, 0.4) is 0 Å². The second kappa shape index (κ2) is 4.81. The molecule has 0 saturated heterocycles. The summed E-state index contributed by atoms with van der Waals surface area (Å²) in [4.78, 5) is 10.8. The van der Waals surface area contributed by atoms with E-state index in [2.05, 4.69) is 0 Å². The Morgan fingerprint density at radius 1 is 1.64 bits per heavy atom. The zero-order valence-electron chi connectivity index (χ0n) is 8.32. The van der Waals surface area contributed by atoms with Crippen LogP contribution < -0.4 is 0 Å². The fourth-order valence-electron chi connectivity index (χ4n) is 1.30. The summed E-state index contributed by atoms with van der Waals surface area (Å²) in [5.41, 5.74) is 0. The van der Waals surface area contributed by atoms with Crippen molar-refractivity contribution in [1.82, 2.24) is 0 Å². The molecule has 0 bridgehead atoms. The fourth-order valence-corrected chi connectivity index (χ4v) is 1.30. The van der Waals surface area contributed by atoms with E-state index in [0.29, 0.717) is 24.5 Å². The lowest BCUT2D eigenvalue weighted by Crippen LogP contribution is -2.09. The van der Waals surface area contributed by atoms with Gasteiger partial charge in [-0.3, -0.25) is 4.79 Å². The van der Waals surface area contributed by atoms with Gasteiger partial charge in [-0.1, -0.05) is 6.92 Å². The first-order valence-corrected chi connectivity index (χ1v) is 4.49. The average Bonchev–Trinajstić information content (AvgIpc) is 2.54. The first-order chi connectivity index (χ1) is 6.69. The third-order valence-electron chi connectivity index (χ3n) is 2.02. The van der Waals surface area contributed by atoms with Gasteiger partial charge in [0.15, 0.2) is 0 Å². The number of hydrogen-bond acceptors (Lipinski definition) is 3. The number of rotatable bonds is 5. The zero-order chi connectivity index (χ0) is 10.6. The summed E-state index contributed by atoms with van der Waals surface area (Å²) in [6.07, 6.45) is 0.523. The Morgan fingerprint density at radius 3 is 2.86 bits per heavy atom. The molecule has 78 valence electrons. The van der Waals surface area contributed by atoms with E-state index in [9.17, 15) is 4.79 Å². The summed E-state index contributed by atoms with van der Waals surface area (Å²) in [5, 5.41) is 8.87. The van der Waals surface area contributed by atoms with Crippen molar-refractivity contribution in [2.75, 3.05) is 7.11 Å². The van der Waals surface area contributed by atoms with Gasteiger partial charge in [-0.2, -0.15) is 0 Å². The van der Waals surface area contributed by atoms with E-state index >= 15 is 0 Å². The molecule has 4 nitrogen and oxygen atoms in total. The minimum atomic E-state index is -0.856. The maximum atomic E-state index is 10.8. The lowest BCUT2D eigenvalue weighted by molar-refractivity contribution is -0.139. The van der Waals surface area contributed by atoms with Crippen molar-refractivity contribution in [1.29, 1.82) is 0 Å². The van der Waals surface area contributed by atoms with Crippen LogP contribution in [0.5, 0.6) is 0 Å². The summed E-state index contributed by atoms with van der Waals surface area (Å²) in [6, 6.07) is 3.43. The highest BCUT2D eigenvalue weighted by Crippen LogP contribution is 2.22. The Morgan fingerprint density at radius 2 is 2.36 bits per heavy atom. The monoisotopic (exact) mass is 198 g/mol. The minimum Gasteiger partial charge on any atom is -0.481 e. The van der Waals surface area contributed by atoms with Crippen LogP contribution in [0.15, 0.2) is 16.5 Å². The van der Waals surface area contributed by atoms with Gasteiger partial charge in [-0.05, 0) is 18.6 Å². The molecule has 1 unspecified atom stereocenters. The molecule has 4 heteroatoms. The number of carbonyl (C=O) groups is 1. The maximum absolute atomic E-state index is 10.8. The predicted molar refractivity (Wildman–Crippen MR) is 50.1 cm³/mol. The molecule has 0 aliphatic rings. The van der Waals surface area contributed by atoms with Crippen LogP contribution in [-0.2, 0) is 16.1 Å². The Balaban J connectivity index is 2.78. The second-order valence-corrected chi connectivity index (χ2v) is 3.04. The summed E-state index contributed by atoms with van der Waals surface area (Å²) in [7, 11) is 1.57. The number of hydrogen-bond donors (Lipinski definition) is 1. The molecule has 0 radical (unpaired) electrons. The van der Waals surface area contributed by atoms with Gasteiger partial charge in [0.1, 0.15) is 24.0 Å². The van der Waals surface area contributed by atoms with Crippen molar-refractivity contribution in [2.24, 2.45) is 0 Å². The molecule has 1 N–H and O–H groups in total. The van der Waals surface area contributed by atoms with Crippen LogP contribution >= 0.6 is 0 Å². The van der Waals surface area contributed by atoms with Crippen molar-refractivity contribution < 1.29 is 19.1 Å².